The van der Waals surface area contributed by atoms with Crippen molar-refractivity contribution in [2.75, 3.05) is 11.5 Å². The van der Waals surface area contributed by atoms with Crippen molar-refractivity contribution in [1.29, 1.82) is 0 Å². The molecule has 0 spiro atoms. The molecule has 3 rings (SSSR count). The number of hydrogen-bond donors (Lipinski definition) is 0. The average Bonchev–Trinajstić information content (AvgIpc) is 3.25. The molecule has 0 N–H and O–H groups in total. The van der Waals surface area contributed by atoms with E-state index >= 15 is 0 Å². The molecule has 3 nitrogen and oxygen atoms in total. The summed E-state index contributed by atoms with van der Waals surface area (Å²) in [6.45, 7) is 0. The first-order valence-electron chi connectivity index (χ1n) is 6.64. The minimum atomic E-state index is 0.951. The number of furan rings is 3. The Morgan fingerprint density at radius 2 is 0.958 bits per heavy atom. The Bertz CT molecular complexity index is 680. The molecule has 9 heteroatoms. The van der Waals surface area contributed by atoms with Crippen LogP contribution in [0, 0.1) is 0 Å². The summed E-state index contributed by atoms with van der Waals surface area (Å²) in [5.74, 6) is 2.17. The summed E-state index contributed by atoms with van der Waals surface area (Å²) in [5.41, 5.74) is 0. The predicted molar refractivity (Wildman–Crippen MR) is 113 cm³/mol. The lowest BCUT2D eigenvalue weighted by Gasteiger charge is -1.99. The zero-order valence-corrected chi connectivity index (χ0v) is 20.1. The topological polar surface area (TPSA) is 39.4 Å². The van der Waals surface area contributed by atoms with E-state index in [1.165, 1.54) is 9.79 Å². The minimum Gasteiger partial charge on any atom is -0.470 e. The van der Waals surface area contributed by atoms with Crippen LogP contribution in [0.2, 0.25) is 0 Å². The van der Waals surface area contributed by atoms with Gasteiger partial charge in [-0.15, -0.1) is 23.5 Å². The zero-order valence-electron chi connectivity index (χ0n) is 12.1. The van der Waals surface area contributed by atoms with Crippen LogP contribution >= 0.6 is 87.2 Å². The molecule has 3 heterocycles. The highest BCUT2D eigenvalue weighted by molar-refractivity contribution is 9.13. The van der Waals surface area contributed by atoms with Crippen molar-refractivity contribution in [3.63, 3.8) is 0 Å². The highest BCUT2D eigenvalue weighted by Gasteiger charge is 2.04. The Hall–Kier alpha value is 0.460. The summed E-state index contributed by atoms with van der Waals surface area (Å²) in [5, 5.41) is 0. The molecule has 0 atom stereocenters. The first kappa shape index (κ1) is 20.8. The Kier molecular flexibility index (Phi) is 9.72. The largest absolute Gasteiger partial charge is 0.470 e. The van der Waals surface area contributed by atoms with Gasteiger partial charge in [0.25, 0.3) is 0 Å². The van der Waals surface area contributed by atoms with Gasteiger partial charge in [-0.1, -0.05) is 0 Å². The number of halogens is 4. The van der Waals surface area contributed by atoms with E-state index in [1.807, 2.05) is 0 Å². The highest BCUT2D eigenvalue weighted by Crippen LogP contribution is 2.31. The molecule has 24 heavy (non-hydrogen) atoms. The molecule has 0 aliphatic rings. The van der Waals surface area contributed by atoms with Crippen LogP contribution in [0.1, 0.15) is 6.42 Å². The summed E-state index contributed by atoms with van der Waals surface area (Å²) >= 11 is 16.9. The fraction of sp³-hybridized carbons (Fsp3) is 0.200. The second kappa shape index (κ2) is 11.2. The normalized spacial score (nSPS) is 10.5. The van der Waals surface area contributed by atoms with Crippen molar-refractivity contribution in [2.24, 2.45) is 0 Å². The Morgan fingerprint density at radius 3 is 1.25 bits per heavy atom. The molecular formula is C15H12Br4O3S2. The Balaban J connectivity index is 0.000000249. The third-order valence-corrected chi connectivity index (χ3v) is 8.29. The predicted octanol–water partition coefficient (Wildman–Crippen LogP) is 8.48. The maximum Gasteiger partial charge on any atom is 0.106 e. The monoisotopic (exact) mass is 620 g/mol. The summed E-state index contributed by atoms with van der Waals surface area (Å²) in [7, 11) is 0. The van der Waals surface area contributed by atoms with Gasteiger partial charge in [-0.2, -0.15) is 0 Å². The van der Waals surface area contributed by atoms with E-state index in [2.05, 4.69) is 63.7 Å². The molecule has 0 unspecified atom stereocenters. The van der Waals surface area contributed by atoms with Gasteiger partial charge in [-0.25, -0.2) is 0 Å². The summed E-state index contributed by atoms with van der Waals surface area (Å²) in [6, 6.07) is 0. The van der Waals surface area contributed by atoms with Crippen molar-refractivity contribution in [3.05, 3.63) is 55.5 Å². The van der Waals surface area contributed by atoms with E-state index < -0.39 is 0 Å². The first-order chi connectivity index (χ1) is 11.6. The molecule has 0 radical (unpaired) electrons. The third-order valence-electron chi connectivity index (χ3n) is 2.54. The smallest absolute Gasteiger partial charge is 0.106 e. The molecule has 130 valence electrons. The van der Waals surface area contributed by atoms with Gasteiger partial charge in [-0.05, 0) is 81.6 Å². The van der Waals surface area contributed by atoms with E-state index in [1.54, 1.807) is 61.1 Å². The lowest BCUT2D eigenvalue weighted by Crippen LogP contribution is -1.83. The summed E-state index contributed by atoms with van der Waals surface area (Å²) < 4.78 is 18.9. The lowest BCUT2D eigenvalue weighted by atomic mass is 10.6. The lowest BCUT2D eigenvalue weighted by molar-refractivity contribution is 0.561. The van der Waals surface area contributed by atoms with Crippen LogP contribution < -0.4 is 0 Å². The van der Waals surface area contributed by atoms with Gasteiger partial charge in [0.05, 0.1) is 27.7 Å². The molecule has 3 aromatic rings. The summed E-state index contributed by atoms with van der Waals surface area (Å²) in [4.78, 5) is 2.33. The van der Waals surface area contributed by atoms with Crippen LogP contribution in [0.3, 0.4) is 0 Å². The van der Waals surface area contributed by atoms with Crippen molar-refractivity contribution < 1.29 is 13.3 Å². The van der Waals surface area contributed by atoms with Gasteiger partial charge in [0.15, 0.2) is 0 Å². The van der Waals surface area contributed by atoms with Crippen molar-refractivity contribution in [2.45, 2.75) is 16.2 Å². The third kappa shape index (κ3) is 6.99. The Morgan fingerprint density at radius 1 is 0.583 bits per heavy atom. The van der Waals surface area contributed by atoms with Gasteiger partial charge in [0, 0.05) is 0 Å². The van der Waals surface area contributed by atoms with E-state index in [9.17, 15) is 0 Å². The van der Waals surface area contributed by atoms with Gasteiger partial charge < -0.3 is 13.3 Å². The molecule has 0 bridgehead atoms. The van der Waals surface area contributed by atoms with Crippen LogP contribution in [0.25, 0.3) is 0 Å². The minimum absolute atomic E-state index is 0.951. The van der Waals surface area contributed by atoms with Crippen LogP contribution in [-0.4, -0.2) is 11.5 Å². The molecule has 0 aliphatic heterocycles. The van der Waals surface area contributed by atoms with Gasteiger partial charge in [0.2, 0.25) is 0 Å². The van der Waals surface area contributed by atoms with Gasteiger partial charge >= 0.3 is 0 Å². The molecule has 0 saturated heterocycles. The number of rotatable bonds is 6. The molecule has 0 fully saturated rings. The maximum absolute atomic E-state index is 5.09. The molecular weight excluding hydrogens is 612 g/mol. The highest BCUT2D eigenvalue weighted by atomic mass is 79.9. The molecule has 0 aromatic carbocycles. The molecule has 0 amide bonds. The van der Waals surface area contributed by atoms with Crippen LogP contribution in [0.4, 0.5) is 0 Å². The Labute approximate surface area is 182 Å². The second-order valence-electron chi connectivity index (χ2n) is 4.29. The maximum atomic E-state index is 5.09. The fourth-order valence-electron chi connectivity index (χ4n) is 1.44. The van der Waals surface area contributed by atoms with Gasteiger partial charge in [0.1, 0.15) is 37.6 Å². The fourth-order valence-corrected chi connectivity index (χ4v) is 4.75. The number of hydrogen-bond acceptors (Lipinski definition) is 5. The van der Waals surface area contributed by atoms with E-state index in [4.69, 9.17) is 13.3 Å². The zero-order chi connectivity index (χ0) is 17.4. The second-order valence-corrected chi connectivity index (χ2v) is 9.98. The van der Waals surface area contributed by atoms with Crippen LogP contribution in [0.15, 0.2) is 78.5 Å². The van der Waals surface area contributed by atoms with E-state index in [0.29, 0.717) is 0 Å². The first-order valence-corrected chi connectivity index (χ1v) is 11.8. The molecule has 0 saturated carbocycles. The quantitative estimate of drug-likeness (QED) is 0.203. The van der Waals surface area contributed by atoms with Crippen molar-refractivity contribution in [3.8, 4) is 0 Å². The van der Waals surface area contributed by atoms with Crippen molar-refractivity contribution in [1.82, 2.24) is 0 Å². The SMILES string of the molecule is Brc1cocc1Br.Brc1cocc1SCCCSc1cocc1Br. The van der Waals surface area contributed by atoms with E-state index in [-0.39, 0.29) is 0 Å². The van der Waals surface area contributed by atoms with E-state index in [0.717, 1.165) is 35.8 Å². The molecule has 3 aromatic heterocycles. The summed E-state index contributed by atoms with van der Waals surface area (Å²) in [6.07, 6.45) is 11.3. The van der Waals surface area contributed by atoms with Crippen LogP contribution in [-0.2, 0) is 0 Å². The van der Waals surface area contributed by atoms with Crippen LogP contribution in [0.5, 0.6) is 0 Å². The molecule has 0 aliphatic carbocycles. The van der Waals surface area contributed by atoms with Gasteiger partial charge in [-0.3, -0.25) is 0 Å². The number of thioether (sulfide) groups is 2. The van der Waals surface area contributed by atoms with Crippen molar-refractivity contribution >= 4 is 87.2 Å². The standard InChI is InChI=1S/C11H10Br2O2S2.C4H2Br2O/c12-8-4-14-6-10(8)16-2-1-3-17-11-7-15-5-9(11)13;5-3-1-7-2-4(3)6/h4-7H,1-3H2;1-2H. The average molecular weight is 624 g/mol.